The summed E-state index contributed by atoms with van der Waals surface area (Å²) in [6, 6.07) is 6.85. The van der Waals surface area contributed by atoms with Crippen LogP contribution < -0.4 is 11.1 Å². The van der Waals surface area contributed by atoms with Crippen LogP contribution in [0, 0.1) is 6.92 Å². The van der Waals surface area contributed by atoms with E-state index in [2.05, 4.69) is 5.32 Å². The fourth-order valence-corrected chi connectivity index (χ4v) is 2.41. The molecule has 0 radical (unpaired) electrons. The van der Waals surface area contributed by atoms with E-state index in [0.29, 0.717) is 19.5 Å². The molecule has 2 amide bonds. The van der Waals surface area contributed by atoms with Gasteiger partial charge in [0.2, 0.25) is 0 Å². The van der Waals surface area contributed by atoms with Gasteiger partial charge in [-0.3, -0.25) is 0 Å². The molecule has 1 aromatic rings. The van der Waals surface area contributed by atoms with E-state index in [0.717, 1.165) is 11.1 Å². The van der Waals surface area contributed by atoms with Gasteiger partial charge in [-0.25, -0.2) is 9.18 Å². The largest absolute Gasteiger partial charge is 0.351 e. The topological polar surface area (TPSA) is 58.4 Å². The number of carbonyl (C=O) groups is 1. The molecule has 19 heavy (non-hydrogen) atoms. The highest BCUT2D eigenvalue weighted by molar-refractivity contribution is 5.72. The van der Waals surface area contributed by atoms with Crippen LogP contribution in [0.3, 0.4) is 0 Å². The Kier molecular flexibility index (Phi) is 4.37. The Bertz CT molecular complexity index is 435. The van der Waals surface area contributed by atoms with Crippen LogP contribution in [-0.2, 0) is 6.54 Å². The molecular weight excluding hydrogens is 245 g/mol. The van der Waals surface area contributed by atoms with Gasteiger partial charge in [-0.1, -0.05) is 29.8 Å². The fraction of sp³-hybridized carbons (Fsp3) is 0.500. The number of benzene rings is 1. The zero-order valence-electron chi connectivity index (χ0n) is 11.1. The SMILES string of the molecule is Cc1ccc(CN(C(N)=O)[C@@H]2CCNC[C@@H]2F)cc1. The van der Waals surface area contributed by atoms with Crippen LogP contribution in [0.5, 0.6) is 0 Å². The summed E-state index contributed by atoms with van der Waals surface area (Å²) < 4.78 is 13.9. The van der Waals surface area contributed by atoms with Gasteiger partial charge in [0.15, 0.2) is 0 Å². The number of halogens is 1. The van der Waals surface area contributed by atoms with Crippen LogP contribution in [0.15, 0.2) is 24.3 Å². The molecule has 1 aliphatic heterocycles. The van der Waals surface area contributed by atoms with Crippen molar-refractivity contribution in [2.75, 3.05) is 13.1 Å². The molecule has 1 saturated heterocycles. The van der Waals surface area contributed by atoms with E-state index < -0.39 is 18.2 Å². The maximum Gasteiger partial charge on any atom is 0.315 e. The Balaban J connectivity index is 2.11. The van der Waals surface area contributed by atoms with Crippen molar-refractivity contribution in [2.24, 2.45) is 5.73 Å². The average molecular weight is 265 g/mol. The zero-order valence-corrected chi connectivity index (χ0v) is 11.1. The number of rotatable bonds is 3. The number of nitrogens with one attached hydrogen (secondary N) is 1. The lowest BCUT2D eigenvalue weighted by Gasteiger charge is -2.35. The van der Waals surface area contributed by atoms with Crippen LogP contribution in [0.2, 0.25) is 0 Å². The molecule has 2 atom stereocenters. The van der Waals surface area contributed by atoms with Crippen molar-refractivity contribution < 1.29 is 9.18 Å². The lowest BCUT2D eigenvalue weighted by Crippen LogP contribution is -2.54. The summed E-state index contributed by atoms with van der Waals surface area (Å²) >= 11 is 0. The van der Waals surface area contributed by atoms with Crippen molar-refractivity contribution in [1.29, 1.82) is 0 Å². The summed E-state index contributed by atoms with van der Waals surface area (Å²) in [6.45, 7) is 3.35. The number of piperidine rings is 1. The molecule has 0 bridgehead atoms. The van der Waals surface area contributed by atoms with E-state index >= 15 is 0 Å². The second-order valence-corrected chi connectivity index (χ2v) is 5.03. The number of carbonyl (C=O) groups excluding carboxylic acids is 1. The molecule has 1 heterocycles. The van der Waals surface area contributed by atoms with Crippen LogP contribution in [0.1, 0.15) is 17.5 Å². The normalized spacial score (nSPS) is 23.1. The van der Waals surface area contributed by atoms with Crippen LogP contribution in [0.25, 0.3) is 0 Å². The number of alkyl halides is 1. The Hall–Kier alpha value is -1.62. The number of primary amides is 1. The molecule has 0 saturated carbocycles. The number of hydrogen-bond acceptors (Lipinski definition) is 2. The predicted molar refractivity (Wildman–Crippen MR) is 72.5 cm³/mol. The Morgan fingerprint density at radius 3 is 2.74 bits per heavy atom. The van der Waals surface area contributed by atoms with Crippen molar-refractivity contribution in [1.82, 2.24) is 10.2 Å². The Labute approximate surface area is 112 Å². The molecular formula is C14H20FN3O. The van der Waals surface area contributed by atoms with E-state index in [-0.39, 0.29) is 6.54 Å². The van der Waals surface area contributed by atoms with E-state index in [1.165, 1.54) is 4.90 Å². The molecule has 0 aromatic heterocycles. The molecule has 2 rings (SSSR count). The molecule has 0 spiro atoms. The van der Waals surface area contributed by atoms with E-state index in [1.807, 2.05) is 31.2 Å². The van der Waals surface area contributed by atoms with Crippen molar-refractivity contribution in [3.05, 3.63) is 35.4 Å². The monoisotopic (exact) mass is 265 g/mol. The maximum absolute atomic E-state index is 13.9. The minimum absolute atomic E-state index is 0.280. The highest BCUT2D eigenvalue weighted by atomic mass is 19.1. The molecule has 1 aromatic carbocycles. The first kappa shape index (κ1) is 13.8. The molecule has 104 valence electrons. The Morgan fingerprint density at radius 2 is 2.16 bits per heavy atom. The van der Waals surface area contributed by atoms with Crippen molar-refractivity contribution in [3.8, 4) is 0 Å². The van der Waals surface area contributed by atoms with Gasteiger partial charge in [0.25, 0.3) is 0 Å². The van der Waals surface area contributed by atoms with Crippen LogP contribution >= 0.6 is 0 Å². The summed E-state index contributed by atoms with van der Waals surface area (Å²) in [6.07, 6.45) is -0.470. The fourth-order valence-electron chi connectivity index (χ4n) is 2.41. The van der Waals surface area contributed by atoms with Gasteiger partial charge in [-0.05, 0) is 25.5 Å². The number of hydrogen-bond donors (Lipinski definition) is 2. The third-order valence-corrected chi connectivity index (χ3v) is 3.53. The molecule has 0 aliphatic carbocycles. The minimum atomic E-state index is -1.06. The highest BCUT2D eigenvalue weighted by Crippen LogP contribution is 2.18. The average Bonchev–Trinajstić information content (AvgIpc) is 2.39. The third-order valence-electron chi connectivity index (χ3n) is 3.53. The molecule has 0 unspecified atom stereocenters. The summed E-state index contributed by atoms with van der Waals surface area (Å²) in [7, 11) is 0. The van der Waals surface area contributed by atoms with Gasteiger partial charge in [0, 0.05) is 13.1 Å². The summed E-state index contributed by atoms with van der Waals surface area (Å²) in [5.41, 5.74) is 7.53. The zero-order chi connectivity index (χ0) is 13.8. The lowest BCUT2D eigenvalue weighted by molar-refractivity contribution is 0.102. The number of urea groups is 1. The first-order chi connectivity index (χ1) is 9.08. The van der Waals surface area contributed by atoms with Crippen molar-refractivity contribution in [3.63, 3.8) is 0 Å². The van der Waals surface area contributed by atoms with Crippen LogP contribution in [0.4, 0.5) is 9.18 Å². The first-order valence-electron chi connectivity index (χ1n) is 6.54. The summed E-state index contributed by atoms with van der Waals surface area (Å²) in [5.74, 6) is 0. The maximum atomic E-state index is 13.9. The minimum Gasteiger partial charge on any atom is -0.351 e. The van der Waals surface area contributed by atoms with Gasteiger partial charge in [-0.2, -0.15) is 0 Å². The third kappa shape index (κ3) is 3.44. The smallest absolute Gasteiger partial charge is 0.315 e. The summed E-state index contributed by atoms with van der Waals surface area (Å²) in [5, 5.41) is 2.98. The van der Waals surface area contributed by atoms with Gasteiger partial charge in [-0.15, -0.1) is 0 Å². The molecule has 4 nitrogen and oxygen atoms in total. The van der Waals surface area contributed by atoms with E-state index in [4.69, 9.17) is 5.73 Å². The van der Waals surface area contributed by atoms with E-state index in [1.54, 1.807) is 0 Å². The quantitative estimate of drug-likeness (QED) is 0.871. The Morgan fingerprint density at radius 1 is 1.47 bits per heavy atom. The molecule has 3 N–H and O–H groups in total. The number of aryl methyl sites for hydroxylation is 1. The van der Waals surface area contributed by atoms with Gasteiger partial charge < -0.3 is 16.0 Å². The number of nitrogens with two attached hydrogens (primary N) is 1. The van der Waals surface area contributed by atoms with Crippen LogP contribution in [-0.4, -0.2) is 36.2 Å². The number of nitrogens with zero attached hydrogens (tertiary/aromatic N) is 1. The highest BCUT2D eigenvalue weighted by Gasteiger charge is 2.32. The second kappa shape index (κ2) is 6.02. The first-order valence-corrected chi connectivity index (χ1v) is 6.54. The molecule has 1 aliphatic rings. The lowest BCUT2D eigenvalue weighted by atomic mass is 10.0. The van der Waals surface area contributed by atoms with Gasteiger partial charge in [0.1, 0.15) is 6.17 Å². The second-order valence-electron chi connectivity index (χ2n) is 5.03. The van der Waals surface area contributed by atoms with E-state index in [9.17, 15) is 9.18 Å². The molecule has 1 fully saturated rings. The standard InChI is InChI=1S/C14H20FN3O/c1-10-2-4-11(5-3-10)9-18(14(16)19)13-6-7-17-8-12(13)15/h2-5,12-13,17H,6-9H2,1H3,(H2,16,19)/t12-,13+/m0/s1. The molecule has 5 heteroatoms. The number of amides is 2. The van der Waals surface area contributed by atoms with Crippen molar-refractivity contribution in [2.45, 2.75) is 32.1 Å². The summed E-state index contributed by atoms with van der Waals surface area (Å²) in [4.78, 5) is 13.0. The predicted octanol–water partition coefficient (Wildman–Crippen LogP) is 1.58. The van der Waals surface area contributed by atoms with Gasteiger partial charge in [0.05, 0.1) is 6.04 Å². The van der Waals surface area contributed by atoms with Gasteiger partial charge >= 0.3 is 6.03 Å². The van der Waals surface area contributed by atoms with Crippen molar-refractivity contribution >= 4 is 6.03 Å².